The molecule has 0 aromatic rings. The van der Waals surface area contributed by atoms with Gasteiger partial charge in [0.2, 0.25) is 0 Å². The summed E-state index contributed by atoms with van der Waals surface area (Å²) in [7, 11) is 0. The van der Waals surface area contributed by atoms with Crippen molar-refractivity contribution in [2.45, 2.75) is 258 Å². The average Bonchev–Trinajstić information content (AvgIpc) is 3.42. The molecule has 0 aliphatic carbocycles. The Hall–Kier alpha value is -1.53. The number of carbonyl (C=O) groups excluding carboxylic acids is 1. The molecule has 14 nitrogen and oxygen atoms in total. The minimum atomic E-state index is -0.877. The van der Waals surface area contributed by atoms with Gasteiger partial charge in [-0.1, -0.05) is 26.0 Å². The first-order valence-corrected chi connectivity index (χ1v) is 24.4. The molecular weight excluding hydrogens is 813 g/mol. The van der Waals surface area contributed by atoms with E-state index < -0.39 is 34.1 Å². The summed E-state index contributed by atoms with van der Waals surface area (Å²) in [6, 6.07) is 0. The van der Waals surface area contributed by atoms with Crippen LogP contribution in [0, 0.1) is 11.8 Å². The van der Waals surface area contributed by atoms with Crippen molar-refractivity contribution in [3.05, 3.63) is 23.8 Å². The van der Waals surface area contributed by atoms with E-state index in [-0.39, 0.29) is 122 Å². The number of aliphatic hydroxyl groups excluding tert-OH is 2. The summed E-state index contributed by atoms with van der Waals surface area (Å²) in [5, 5.41) is 21.2. The molecule has 11 aliphatic heterocycles. The van der Waals surface area contributed by atoms with Crippen molar-refractivity contribution in [2.24, 2.45) is 11.8 Å². The van der Waals surface area contributed by atoms with Crippen LogP contribution in [-0.4, -0.2) is 155 Å². The highest BCUT2D eigenvalue weighted by Gasteiger charge is 2.64. The maximum absolute atomic E-state index is 12.3. The maximum Gasteiger partial charge on any atom is 0.331 e. The normalized spacial score (nSPS) is 57.8. The van der Waals surface area contributed by atoms with Crippen LogP contribution in [0.3, 0.4) is 0 Å². The van der Waals surface area contributed by atoms with Gasteiger partial charge >= 0.3 is 5.97 Å². The molecule has 0 aromatic heterocycles. The Morgan fingerprint density at radius 2 is 1.46 bits per heavy atom. The van der Waals surface area contributed by atoms with Crippen LogP contribution >= 0.6 is 0 Å². The van der Waals surface area contributed by atoms with E-state index >= 15 is 0 Å². The van der Waals surface area contributed by atoms with Crippen LogP contribution in [0.4, 0.5) is 0 Å². The first-order chi connectivity index (χ1) is 29.9. The Labute approximate surface area is 372 Å². The number of esters is 1. The van der Waals surface area contributed by atoms with Crippen LogP contribution in [-0.2, 0) is 56.9 Å². The summed E-state index contributed by atoms with van der Waals surface area (Å²) < 4.78 is 75.7. The Morgan fingerprint density at radius 3 is 2.27 bits per heavy atom. The van der Waals surface area contributed by atoms with E-state index in [9.17, 15) is 15.0 Å². The SMILES string of the molecule is CC1=CC(=O)OC2CC3OC4CC(C)C5OC6CC7OC8(C)CC=CC9OC%10CC%11OC(C(C)CO)CC(O)C%11(C)OC%10CC9OC8CC7(C)OC6(C)CCC5OC4CC3(C)OC12. The number of carbonyl (C=O) groups is 1. The van der Waals surface area contributed by atoms with Crippen LogP contribution in [0.1, 0.15) is 126 Å². The highest BCUT2D eigenvalue weighted by Crippen LogP contribution is 2.55. The van der Waals surface area contributed by atoms with Gasteiger partial charge in [0, 0.05) is 63.5 Å². The summed E-state index contributed by atoms with van der Waals surface area (Å²) in [5.41, 5.74) is -2.34. The Balaban J connectivity index is 0.781. The summed E-state index contributed by atoms with van der Waals surface area (Å²) in [6.45, 7) is 16.9. The molecule has 11 rings (SSSR count). The summed E-state index contributed by atoms with van der Waals surface area (Å²) in [5.74, 6) is -0.218. The lowest BCUT2D eigenvalue weighted by molar-refractivity contribution is -0.357. The molecule has 14 heteroatoms. The molecule has 9 fully saturated rings. The van der Waals surface area contributed by atoms with Crippen molar-refractivity contribution in [3.63, 3.8) is 0 Å². The molecule has 352 valence electrons. The fraction of sp³-hybridized carbons (Fsp3) is 0.898. The molecule has 0 amide bonds. The molecular formula is C49H72O14. The van der Waals surface area contributed by atoms with Crippen molar-refractivity contribution in [1.29, 1.82) is 0 Å². The second kappa shape index (κ2) is 15.5. The van der Waals surface area contributed by atoms with Crippen molar-refractivity contribution < 1.29 is 67.1 Å². The first kappa shape index (κ1) is 44.0. The van der Waals surface area contributed by atoms with Crippen molar-refractivity contribution >= 4 is 5.97 Å². The van der Waals surface area contributed by atoms with Gasteiger partial charge in [-0.2, -0.15) is 0 Å². The predicted octanol–water partition coefficient (Wildman–Crippen LogP) is 4.96. The molecule has 9 saturated heterocycles. The van der Waals surface area contributed by atoms with Gasteiger partial charge in [0.05, 0.1) is 108 Å². The zero-order chi connectivity index (χ0) is 44.0. The number of aliphatic hydroxyl groups is 2. The number of hydrogen-bond acceptors (Lipinski definition) is 14. The molecule has 0 saturated carbocycles. The molecule has 0 spiro atoms. The fourth-order valence-corrected chi connectivity index (χ4v) is 13.9. The number of ether oxygens (including phenoxy) is 11. The van der Waals surface area contributed by atoms with Crippen molar-refractivity contribution in [3.8, 4) is 0 Å². The number of fused-ring (bicyclic) bond motifs is 10. The van der Waals surface area contributed by atoms with E-state index in [4.69, 9.17) is 52.1 Å². The van der Waals surface area contributed by atoms with E-state index in [0.717, 1.165) is 24.8 Å². The summed E-state index contributed by atoms with van der Waals surface area (Å²) in [4.78, 5) is 12.3. The van der Waals surface area contributed by atoms with Gasteiger partial charge < -0.3 is 62.3 Å². The van der Waals surface area contributed by atoms with Crippen molar-refractivity contribution in [1.82, 2.24) is 0 Å². The van der Waals surface area contributed by atoms with E-state index in [1.165, 1.54) is 0 Å². The third-order valence-corrected chi connectivity index (χ3v) is 18.0. The Morgan fingerprint density at radius 1 is 0.698 bits per heavy atom. The Kier molecular flexibility index (Phi) is 10.8. The van der Waals surface area contributed by atoms with E-state index in [1.807, 2.05) is 20.8 Å². The van der Waals surface area contributed by atoms with Gasteiger partial charge in [-0.15, -0.1) is 0 Å². The van der Waals surface area contributed by atoms with Crippen LogP contribution < -0.4 is 0 Å². The molecule has 11 aliphatic rings. The van der Waals surface area contributed by atoms with Gasteiger partial charge in [0.1, 0.15) is 23.9 Å². The molecule has 63 heavy (non-hydrogen) atoms. The quantitative estimate of drug-likeness (QED) is 0.283. The van der Waals surface area contributed by atoms with Gasteiger partial charge in [-0.3, -0.25) is 0 Å². The molecule has 0 aromatic carbocycles. The molecule has 11 heterocycles. The number of hydrogen-bond donors (Lipinski definition) is 2. The van der Waals surface area contributed by atoms with E-state index in [1.54, 1.807) is 6.08 Å². The fourth-order valence-electron chi connectivity index (χ4n) is 13.9. The topological polar surface area (TPSA) is 159 Å². The lowest BCUT2D eigenvalue weighted by atomic mass is 9.72. The number of rotatable bonds is 2. The summed E-state index contributed by atoms with van der Waals surface area (Å²) in [6.07, 6.45) is 8.93. The predicted molar refractivity (Wildman–Crippen MR) is 225 cm³/mol. The molecule has 2 N–H and O–H groups in total. The van der Waals surface area contributed by atoms with E-state index in [0.29, 0.717) is 51.4 Å². The standard InChI is InChI=1S/C49H72O14/c1-24-14-30-35(21-47(6)37(56-30)19-34-44(62-47)25(2)15-42(52)58-34)54-28-11-13-46(5)38(59-43(24)28)20-39-48(7,63-46)22-41-45(4,61-39)12-9-10-27-31(57-41)16-33-32(53-27)18-40-49(8,60-33)36(51)17-29(55-40)26(3)23-50/h9-10,15,24,26-41,43-44,50-51H,11-14,16-23H2,1-8H3. The third-order valence-electron chi connectivity index (χ3n) is 18.0. The lowest BCUT2D eigenvalue weighted by Crippen LogP contribution is -2.70. The van der Waals surface area contributed by atoms with E-state index in [2.05, 4.69) is 46.8 Å². The minimum absolute atomic E-state index is 0.00411. The van der Waals surface area contributed by atoms with Gasteiger partial charge in [0.25, 0.3) is 0 Å². The van der Waals surface area contributed by atoms with Crippen LogP contribution in [0.2, 0.25) is 0 Å². The average molecular weight is 885 g/mol. The second-order valence-electron chi connectivity index (χ2n) is 22.8. The zero-order valence-electron chi connectivity index (χ0n) is 38.5. The summed E-state index contributed by atoms with van der Waals surface area (Å²) >= 11 is 0. The zero-order valence-corrected chi connectivity index (χ0v) is 38.5. The molecule has 24 unspecified atom stereocenters. The third kappa shape index (κ3) is 7.28. The van der Waals surface area contributed by atoms with Gasteiger partial charge in [-0.05, 0) is 78.7 Å². The molecule has 0 radical (unpaired) electrons. The second-order valence-corrected chi connectivity index (χ2v) is 22.8. The van der Waals surface area contributed by atoms with Crippen molar-refractivity contribution in [2.75, 3.05) is 6.61 Å². The Bertz CT molecular complexity index is 1840. The van der Waals surface area contributed by atoms with Crippen LogP contribution in [0.5, 0.6) is 0 Å². The lowest BCUT2D eigenvalue weighted by Gasteiger charge is -2.61. The van der Waals surface area contributed by atoms with Gasteiger partial charge in [-0.25, -0.2) is 4.79 Å². The molecule has 0 bridgehead atoms. The van der Waals surface area contributed by atoms with Crippen LogP contribution in [0.25, 0.3) is 0 Å². The minimum Gasteiger partial charge on any atom is -0.456 e. The van der Waals surface area contributed by atoms with Crippen LogP contribution in [0.15, 0.2) is 23.8 Å². The highest BCUT2D eigenvalue weighted by molar-refractivity contribution is 5.84. The monoisotopic (exact) mass is 884 g/mol. The molecule has 24 atom stereocenters. The first-order valence-electron chi connectivity index (χ1n) is 24.4. The smallest absolute Gasteiger partial charge is 0.331 e. The highest BCUT2D eigenvalue weighted by atomic mass is 16.7. The largest absolute Gasteiger partial charge is 0.456 e. The van der Waals surface area contributed by atoms with Gasteiger partial charge in [0.15, 0.2) is 0 Å². The maximum atomic E-state index is 12.3.